The lowest BCUT2D eigenvalue weighted by molar-refractivity contribution is -0.123. The largest absolute Gasteiger partial charge is 0.324 e. The van der Waals surface area contributed by atoms with E-state index in [4.69, 9.17) is 0 Å². The van der Waals surface area contributed by atoms with Gasteiger partial charge in [0.2, 0.25) is 11.8 Å². The van der Waals surface area contributed by atoms with Gasteiger partial charge in [0.15, 0.2) is 0 Å². The van der Waals surface area contributed by atoms with Gasteiger partial charge in [-0.15, -0.1) is 0 Å². The lowest BCUT2D eigenvalue weighted by Gasteiger charge is -2.12. The summed E-state index contributed by atoms with van der Waals surface area (Å²) in [4.78, 5) is 23.3. The van der Waals surface area contributed by atoms with Crippen LogP contribution in [-0.4, -0.2) is 20.2 Å². The highest BCUT2D eigenvalue weighted by atomic mass is 32.2. The van der Waals surface area contributed by atoms with Crippen molar-refractivity contribution in [3.05, 3.63) is 47.5 Å². The van der Waals surface area contributed by atoms with E-state index in [0.717, 1.165) is 19.3 Å². The normalized spacial score (nSPS) is 16.2. The van der Waals surface area contributed by atoms with Gasteiger partial charge in [-0.05, 0) is 60.7 Å². The van der Waals surface area contributed by atoms with Gasteiger partial charge >= 0.3 is 0 Å². The van der Waals surface area contributed by atoms with Crippen molar-refractivity contribution in [2.45, 2.75) is 30.6 Å². The molecule has 134 valence electrons. The monoisotopic (exact) mass is 371 g/mol. The molecule has 2 aromatic carbocycles. The van der Waals surface area contributed by atoms with Gasteiger partial charge in [0, 0.05) is 5.69 Å². The Morgan fingerprint density at radius 2 is 1.58 bits per heavy atom. The first-order valence-electron chi connectivity index (χ1n) is 8.29. The Morgan fingerprint density at radius 3 is 2.38 bits per heavy atom. The fraction of sp³-hybridized carbons (Fsp3) is 0.222. The number of aryl methyl sites for hydroxylation is 2. The molecule has 2 aromatic rings. The lowest BCUT2D eigenvalue weighted by atomic mass is 10.1. The molecule has 0 unspecified atom stereocenters. The summed E-state index contributed by atoms with van der Waals surface area (Å²) in [6.45, 7) is 0. The number of rotatable bonds is 3. The summed E-state index contributed by atoms with van der Waals surface area (Å²) in [5, 5.41) is 5.12. The van der Waals surface area contributed by atoms with Crippen molar-refractivity contribution >= 4 is 38.9 Å². The Balaban J connectivity index is 1.64. The second kappa shape index (κ2) is 6.14. The molecular formula is C18H17N3O4S. The van der Waals surface area contributed by atoms with E-state index in [0.29, 0.717) is 11.4 Å². The van der Waals surface area contributed by atoms with Crippen LogP contribution in [0.2, 0.25) is 0 Å². The van der Waals surface area contributed by atoms with Crippen LogP contribution >= 0.6 is 0 Å². The minimum atomic E-state index is -3.82. The van der Waals surface area contributed by atoms with E-state index < -0.39 is 21.8 Å². The quantitative estimate of drug-likeness (QED) is 0.720. The maximum absolute atomic E-state index is 12.7. The average Bonchev–Trinajstić information content (AvgIpc) is 2.97. The molecule has 0 radical (unpaired) electrons. The van der Waals surface area contributed by atoms with E-state index in [1.54, 1.807) is 6.07 Å². The smallest absolute Gasteiger partial charge is 0.261 e. The van der Waals surface area contributed by atoms with Crippen LogP contribution in [0.1, 0.15) is 24.0 Å². The van der Waals surface area contributed by atoms with E-state index in [-0.39, 0.29) is 17.0 Å². The zero-order valence-corrected chi connectivity index (χ0v) is 14.7. The van der Waals surface area contributed by atoms with Gasteiger partial charge in [0.25, 0.3) is 10.0 Å². The number of hydrogen-bond acceptors (Lipinski definition) is 4. The van der Waals surface area contributed by atoms with Crippen molar-refractivity contribution in [1.29, 1.82) is 0 Å². The van der Waals surface area contributed by atoms with Crippen LogP contribution < -0.4 is 15.4 Å². The van der Waals surface area contributed by atoms with E-state index in [2.05, 4.69) is 15.4 Å². The van der Waals surface area contributed by atoms with Crippen LogP contribution in [0.3, 0.4) is 0 Å². The third kappa shape index (κ3) is 3.15. The molecule has 0 saturated carbocycles. The third-order valence-corrected chi connectivity index (χ3v) is 5.90. The van der Waals surface area contributed by atoms with Crippen LogP contribution in [0, 0.1) is 0 Å². The van der Waals surface area contributed by atoms with Crippen molar-refractivity contribution in [2.75, 3.05) is 15.4 Å². The minimum Gasteiger partial charge on any atom is -0.324 e. The van der Waals surface area contributed by atoms with E-state index >= 15 is 0 Å². The predicted molar refractivity (Wildman–Crippen MR) is 97.6 cm³/mol. The summed E-state index contributed by atoms with van der Waals surface area (Å²) >= 11 is 0. The van der Waals surface area contributed by atoms with Gasteiger partial charge in [0.05, 0.1) is 16.3 Å². The number of hydrogen-bond donors (Lipinski definition) is 3. The van der Waals surface area contributed by atoms with Crippen molar-refractivity contribution in [2.24, 2.45) is 0 Å². The zero-order chi connectivity index (χ0) is 18.3. The molecule has 26 heavy (non-hydrogen) atoms. The second-order valence-corrected chi connectivity index (χ2v) is 8.11. The predicted octanol–water partition coefficient (Wildman–Crippen LogP) is 2.26. The molecule has 0 atom stereocenters. The summed E-state index contributed by atoms with van der Waals surface area (Å²) in [6.07, 6.45) is 2.76. The van der Waals surface area contributed by atoms with Crippen molar-refractivity contribution < 1.29 is 18.0 Å². The molecule has 2 amide bonds. The molecule has 8 heteroatoms. The molecule has 2 aliphatic rings. The van der Waals surface area contributed by atoms with Gasteiger partial charge in [-0.2, -0.15) is 0 Å². The number of amides is 2. The van der Waals surface area contributed by atoms with Crippen molar-refractivity contribution in [3.8, 4) is 0 Å². The van der Waals surface area contributed by atoms with Crippen LogP contribution in [0.5, 0.6) is 0 Å². The Kier molecular flexibility index (Phi) is 3.91. The van der Waals surface area contributed by atoms with Crippen LogP contribution in [0.25, 0.3) is 0 Å². The number of carbonyl (C=O) groups is 2. The highest BCUT2D eigenvalue weighted by molar-refractivity contribution is 7.92. The summed E-state index contributed by atoms with van der Waals surface area (Å²) < 4.78 is 28.0. The summed E-state index contributed by atoms with van der Waals surface area (Å²) in [5.74, 6) is -0.921. The fourth-order valence-corrected chi connectivity index (χ4v) is 4.36. The standard InChI is InChI=1S/C18H17N3O4S/c22-17-10-18(23)20-16-9-14(6-7-15(16)19-17)26(24,25)21-13-5-4-11-2-1-3-12(11)8-13/h4-9,21H,1-3,10H2,(H,19,22)(H,20,23). The first kappa shape index (κ1) is 16.6. The first-order chi connectivity index (χ1) is 12.4. The van der Waals surface area contributed by atoms with Gasteiger partial charge in [-0.1, -0.05) is 6.07 Å². The number of anilines is 3. The first-order valence-corrected chi connectivity index (χ1v) is 9.77. The molecule has 0 saturated heterocycles. The highest BCUT2D eigenvalue weighted by Gasteiger charge is 2.22. The van der Waals surface area contributed by atoms with Crippen LogP contribution in [0.4, 0.5) is 17.1 Å². The van der Waals surface area contributed by atoms with Gasteiger partial charge in [0.1, 0.15) is 6.42 Å². The molecule has 0 fully saturated rings. The number of nitrogens with one attached hydrogen (secondary N) is 3. The van der Waals surface area contributed by atoms with Gasteiger partial charge < -0.3 is 10.6 Å². The highest BCUT2D eigenvalue weighted by Crippen LogP contribution is 2.30. The van der Waals surface area contributed by atoms with Gasteiger partial charge in [-0.3, -0.25) is 14.3 Å². The molecule has 1 aliphatic carbocycles. The number of carbonyl (C=O) groups excluding carboxylic acids is 2. The molecule has 0 spiro atoms. The maximum Gasteiger partial charge on any atom is 0.261 e. The summed E-state index contributed by atoms with van der Waals surface area (Å²) in [5.41, 5.74) is 3.58. The number of sulfonamides is 1. The Bertz CT molecular complexity index is 1030. The summed E-state index contributed by atoms with van der Waals surface area (Å²) in [6, 6.07) is 9.78. The van der Waals surface area contributed by atoms with Crippen molar-refractivity contribution in [1.82, 2.24) is 0 Å². The Morgan fingerprint density at radius 1 is 0.846 bits per heavy atom. The molecule has 0 aromatic heterocycles. The van der Waals surface area contributed by atoms with Gasteiger partial charge in [-0.25, -0.2) is 8.42 Å². The molecule has 0 bridgehead atoms. The molecule has 3 N–H and O–H groups in total. The second-order valence-electron chi connectivity index (χ2n) is 6.42. The zero-order valence-electron chi connectivity index (χ0n) is 13.8. The molecule has 1 aliphatic heterocycles. The van der Waals surface area contributed by atoms with Crippen LogP contribution in [0.15, 0.2) is 41.3 Å². The van der Waals surface area contributed by atoms with E-state index in [9.17, 15) is 18.0 Å². The minimum absolute atomic E-state index is 0.00759. The Labute approximate surface area is 150 Å². The Hall–Kier alpha value is -2.87. The average molecular weight is 371 g/mol. The maximum atomic E-state index is 12.7. The lowest BCUT2D eigenvalue weighted by Crippen LogP contribution is -2.16. The number of benzene rings is 2. The molecule has 1 heterocycles. The topological polar surface area (TPSA) is 104 Å². The fourth-order valence-electron chi connectivity index (χ4n) is 3.29. The molecular weight excluding hydrogens is 354 g/mol. The van der Waals surface area contributed by atoms with Crippen LogP contribution in [-0.2, 0) is 32.5 Å². The summed E-state index contributed by atoms with van der Waals surface area (Å²) in [7, 11) is -3.82. The molecule has 7 nitrogen and oxygen atoms in total. The van der Waals surface area contributed by atoms with E-state index in [1.807, 2.05) is 12.1 Å². The third-order valence-electron chi connectivity index (χ3n) is 4.52. The number of fused-ring (bicyclic) bond motifs is 2. The SMILES string of the molecule is O=C1CC(=O)Nc2cc(S(=O)(=O)Nc3ccc4c(c3)CCC4)ccc2N1. The van der Waals surface area contributed by atoms with E-state index in [1.165, 1.54) is 29.3 Å². The van der Waals surface area contributed by atoms with Crippen molar-refractivity contribution in [3.63, 3.8) is 0 Å². The molecule has 4 rings (SSSR count).